The number of nitrogens with zero attached hydrogens (tertiary/aromatic N) is 1. The first-order valence-electron chi connectivity index (χ1n) is 7.57. The number of aromatic nitrogens is 1. The van der Waals surface area contributed by atoms with Crippen LogP contribution in [0.4, 0.5) is 0 Å². The number of benzene rings is 1. The van der Waals surface area contributed by atoms with Gasteiger partial charge in [-0.05, 0) is 37.9 Å². The van der Waals surface area contributed by atoms with Gasteiger partial charge in [-0.25, -0.2) is 0 Å². The first-order chi connectivity index (χ1) is 10.2. The van der Waals surface area contributed by atoms with E-state index in [1.54, 1.807) is 0 Å². The molecule has 2 heterocycles. The van der Waals surface area contributed by atoms with Gasteiger partial charge < -0.3 is 9.72 Å². The number of para-hydroxylation sites is 1. The largest absolute Gasteiger partial charge is 0.469 e. The molecule has 0 saturated heterocycles. The molecule has 1 aliphatic rings. The Kier molecular flexibility index (Phi) is 3.97. The lowest BCUT2D eigenvalue weighted by Gasteiger charge is -2.32. The van der Waals surface area contributed by atoms with E-state index in [-0.39, 0.29) is 5.97 Å². The third-order valence-electron chi connectivity index (χ3n) is 4.51. The predicted octanol–water partition coefficient (Wildman–Crippen LogP) is 3.04. The molecule has 0 bridgehead atoms. The second-order valence-corrected chi connectivity index (χ2v) is 5.78. The molecule has 0 saturated carbocycles. The molecule has 1 aliphatic heterocycles. The summed E-state index contributed by atoms with van der Waals surface area (Å²) in [5.74, 6) is -0.120. The molecule has 0 aliphatic carbocycles. The van der Waals surface area contributed by atoms with Crippen molar-refractivity contribution in [3.05, 3.63) is 35.5 Å². The number of esters is 1. The van der Waals surface area contributed by atoms with E-state index in [1.165, 1.54) is 29.3 Å². The summed E-state index contributed by atoms with van der Waals surface area (Å²) in [4.78, 5) is 17.3. The number of H-pyrrole nitrogens is 1. The zero-order chi connectivity index (χ0) is 14.8. The minimum absolute atomic E-state index is 0.120. The molecule has 1 unspecified atom stereocenters. The fourth-order valence-electron chi connectivity index (χ4n) is 3.35. The van der Waals surface area contributed by atoms with Crippen LogP contribution in [-0.2, 0) is 16.0 Å². The molecule has 2 aromatic rings. The maximum atomic E-state index is 11.3. The molecule has 112 valence electrons. The van der Waals surface area contributed by atoms with Gasteiger partial charge in [0.1, 0.15) is 0 Å². The van der Waals surface area contributed by atoms with Crippen LogP contribution in [0.15, 0.2) is 24.3 Å². The van der Waals surface area contributed by atoms with Crippen LogP contribution in [0, 0.1) is 0 Å². The van der Waals surface area contributed by atoms with E-state index in [2.05, 4.69) is 41.2 Å². The van der Waals surface area contributed by atoms with Gasteiger partial charge in [-0.1, -0.05) is 18.2 Å². The highest BCUT2D eigenvalue weighted by atomic mass is 16.5. The molecule has 1 atom stereocenters. The zero-order valence-corrected chi connectivity index (χ0v) is 12.7. The van der Waals surface area contributed by atoms with Gasteiger partial charge >= 0.3 is 5.97 Å². The van der Waals surface area contributed by atoms with Crippen LogP contribution < -0.4 is 0 Å². The zero-order valence-electron chi connectivity index (χ0n) is 12.7. The summed E-state index contributed by atoms with van der Waals surface area (Å²) in [6.07, 6.45) is 3.42. The standard InChI is InChI=1S/C17H22N2O2/c1-19-11-10-13-12-6-3-4-7-14(12)18-17(13)15(19)8-5-9-16(20)21-2/h3-4,6-7,15,18H,5,8-11H2,1-2H3. The van der Waals surface area contributed by atoms with Gasteiger partial charge in [0, 0.05) is 35.6 Å². The van der Waals surface area contributed by atoms with Crippen molar-refractivity contribution in [2.75, 3.05) is 20.7 Å². The number of aromatic amines is 1. The van der Waals surface area contributed by atoms with Crippen LogP contribution in [0.1, 0.15) is 36.6 Å². The molecule has 0 amide bonds. The van der Waals surface area contributed by atoms with Gasteiger partial charge in [0.15, 0.2) is 0 Å². The van der Waals surface area contributed by atoms with E-state index in [0.717, 1.165) is 25.8 Å². The number of rotatable bonds is 4. The molecule has 4 nitrogen and oxygen atoms in total. The van der Waals surface area contributed by atoms with E-state index in [1.807, 2.05) is 0 Å². The Morgan fingerprint density at radius 3 is 3.05 bits per heavy atom. The SMILES string of the molecule is COC(=O)CCCC1c2[nH]c3ccccc3c2CCN1C. The number of hydrogen-bond acceptors (Lipinski definition) is 3. The first-order valence-corrected chi connectivity index (χ1v) is 7.57. The first kappa shape index (κ1) is 14.1. The van der Waals surface area contributed by atoms with Gasteiger partial charge in [-0.15, -0.1) is 0 Å². The molecular formula is C17H22N2O2. The smallest absolute Gasteiger partial charge is 0.305 e. The van der Waals surface area contributed by atoms with Crippen molar-refractivity contribution < 1.29 is 9.53 Å². The summed E-state index contributed by atoms with van der Waals surface area (Å²) in [5.41, 5.74) is 4.00. The number of hydrogen-bond donors (Lipinski definition) is 1. The topological polar surface area (TPSA) is 45.3 Å². The highest BCUT2D eigenvalue weighted by Gasteiger charge is 2.27. The molecule has 21 heavy (non-hydrogen) atoms. The molecular weight excluding hydrogens is 264 g/mol. The Morgan fingerprint density at radius 1 is 1.43 bits per heavy atom. The van der Waals surface area contributed by atoms with Crippen molar-refractivity contribution >= 4 is 16.9 Å². The second-order valence-electron chi connectivity index (χ2n) is 5.78. The highest BCUT2D eigenvalue weighted by molar-refractivity contribution is 5.85. The van der Waals surface area contributed by atoms with Crippen molar-refractivity contribution in [2.45, 2.75) is 31.7 Å². The summed E-state index contributed by atoms with van der Waals surface area (Å²) in [7, 11) is 3.61. The maximum absolute atomic E-state index is 11.3. The van der Waals surface area contributed by atoms with Crippen LogP contribution in [0.2, 0.25) is 0 Å². The van der Waals surface area contributed by atoms with Gasteiger partial charge in [-0.2, -0.15) is 0 Å². The molecule has 1 aromatic carbocycles. The maximum Gasteiger partial charge on any atom is 0.305 e. The lowest BCUT2D eigenvalue weighted by molar-refractivity contribution is -0.140. The van der Waals surface area contributed by atoms with Crippen LogP contribution in [0.25, 0.3) is 10.9 Å². The average molecular weight is 286 g/mol. The summed E-state index contributed by atoms with van der Waals surface area (Å²) < 4.78 is 4.72. The molecule has 1 aromatic heterocycles. The van der Waals surface area contributed by atoms with Crippen molar-refractivity contribution in [1.82, 2.24) is 9.88 Å². The molecule has 4 heteroatoms. The van der Waals surface area contributed by atoms with Crippen molar-refractivity contribution in [3.63, 3.8) is 0 Å². The third-order valence-corrected chi connectivity index (χ3v) is 4.51. The summed E-state index contributed by atoms with van der Waals surface area (Å²) in [6.45, 7) is 1.07. The number of carbonyl (C=O) groups excluding carboxylic acids is 1. The number of fused-ring (bicyclic) bond motifs is 3. The molecule has 0 spiro atoms. The van der Waals surface area contributed by atoms with Crippen LogP contribution >= 0.6 is 0 Å². The number of likely N-dealkylation sites (N-methyl/N-ethyl adjacent to an activating group) is 1. The molecule has 3 rings (SSSR count). The highest BCUT2D eigenvalue weighted by Crippen LogP contribution is 2.36. The predicted molar refractivity (Wildman–Crippen MR) is 83.2 cm³/mol. The third kappa shape index (κ3) is 2.68. The lowest BCUT2D eigenvalue weighted by atomic mass is 9.94. The normalized spacial score (nSPS) is 18.7. The van der Waals surface area contributed by atoms with Gasteiger partial charge in [-0.3, -0.25) is 9.69 Å². The van der Waals surface area contributed by atoms with Crippen LogP contribution in [0.5, 0.6) is 0 Å². The number of ether oxygens (including phenoxy) is 1. The fraction of sp³-hybridized carbons (Fsp3) is 0.471. The van der Waals surface area contributed by atoms with Crippen molar-refractivity contribution in [2.24, 2.45) is 0 Å². The van der Waals surface area contributed by atoms with Gasteiger partial charge in [0.05, 0.1) is 7.11 Å². The van der Waals surface area contributed by atoms with E-state index in [4.69, 9.17) is 4.74 Å². The summed E-state index contributed by atoms with van der Waals surface area (Å²) >= 11 is 0. The Morgan fingerprint density at radius 2 is 2.24 bits per heavy atom. The Balaban J connectivity index is 1.83. The molecule has 1 N–H and O–H groups in total. The van der Waals surface area contributed by atoms with E-state index >= 15 is 0 Å². The van der Waals surface area contributed by atoms with Gasteiger partial charge in [0.25, 0.3) is 0 Å². The van der Waals surface area contributed by atoms with Crippen molar-refractivity contribution in [1.29, 1.82) is 0 Å². The Labute approximate surface area is 125 Å². The Hall–Kier alpha value is -1.81. The van der Waals surface area contributed by atoms with E-state index in [9.17, 15) is 4.79 Å². The van der Waals surface area contributed by atoms with Crippen LogP contribution in [-0.4, -0.2) is 36.6 Å². The number of carbonyl (C=O) groups is 1. The Bertz CT molecular complexity index is 647. The quantitative estimate of drug-likeness (QED) is 0.879. The molecule has 0 fully saturated rings. The summed E-state index contributed by atoms with van der Waals surface area (Å²) in [6, 6.07) is 8.87. The minimum atomic E-state index is -0.120. The second kappa shape index (κ2) is 5.90. The summed E-state index contributed by atoms with van der Waals surface area (Å²) in [5, 5.41) is 1.35. The van der Waals surface area contributed by atoms with Gasteiger partial charge in [0.2, 0.25) is 0 Å². The molecule has 0 radical (unpaired) electrons. The van der Waals surface area contributed by atoms with E-state index < -0.39 is 0 Å². The fourth-order valence-corrected chi connectivity index (χ4v) is 3.35. The van der Waals surface area contributed by atoms with Crippen LogP contribution in [0.3, 0.4) is 0 Å². The minimum Gasteiger partial charge on any atom is -0.469 e. The van der Waals surface area contributed by atoms with Crippen molar-refractivity contribution in [3.8, 4) is 0 Å². The average Bonchev–Trinajstić information content (AvgIpc) is 2.88. The lowest BCUT2D eigenvalue weighted by Crippen LogP contribution is -2.32. The number of nitrogens with one attached hydrogen (secondary N) is 1. The van der Waals surface area contributed by atoms with E-state index in [0.29, 0.717) is 12.5 Å². The number of methoxy groups -OCH3 is 1. The monoisotopic (exact) mass is 286 g/mol.